The highest BCUT2D eigenvalue weighted by molar-refractivity contribution is 5.90. The monoisotopic (exact) mass is 279 g/mol. The fourth-order valence-corrected chi connectivity index (χ4v) is 1.64. The molecular formula is C13H17N3O4. The smallest absolute Gasteiger partial charge is 0.326 e. The molecule has 0 spiro atoms. The molecule has 0 aliphatic heterocycles. The lowest BCUT2D eigenvalue weighted by Crippen LogP contribution is -2.50. The number of hydrogen-bond donors (Lipinski definition) is 4. The zero-order valence-corrected chi connectivity index (χ0v) is 10.8. The number of benzene rings is 1. The van der Waals surface area contributed by atoms with Crippen molar-refractivity contribution in [3.8, 4) is 0 Å². The van der Waals surface area contributed by atoms with E-state index >= 15 is 0 Å². The number of carboxylic acids is 1. The largest absolute Gasteiger partial charge is 0.480 e. The summed E-state index contributed by atoms with van der Waals surface area (Å²) in [5, 5.41) is 11.1. The van der Waals surface area contributed by atoms with E-state index < -0.39 is 36.3 Å². The number of carbonyl (C=O) groups is 3. The molecule has 0 fully saturated rings. The van der Waals surface area contributed by atoms with Crippen molar-refractivity contribution in [3.05, 3.63) is 35.9 Å². The van der Waals surface area contributed by atoms with Crippen molar-refractivity contribution >= 4 is 17.8 Å². The second kappa shape index (κ2) is 7.25. The lowest BCUT2D eigenvalue weighted by molar-refractivity contribution is -0.143. The molecule has 0 aliphatic carbocycles. The quantitative estimate of drug-likeness (QED) is 0.507. The summed E-state index contributed by atoms with van der Waals surface area (Å²) in [6.07, 6.45) is -0.200. The Kier molecular flexibility index (Phi) is 5.67. The molecule has 0 saturated carbocycles. The lowest BCUT2D eigenvalue weighted by Gasteiger charge is -2.16. The van der Waals surface area contributed by atoms with E-state index in [1.54, 1.807) is 0 Å². The summed E-state index contributed by atoms with van der Waals surface area (Å²) in [6, 6.07) is 6.83. The summed E-state index contributed by atoms with van der Waals surface area (Å²) in [5.41, 5.74) is 11.5. The Balaban J connectivity index is 2.59. The minimum absolute atomic E-state index is 0.273. The second-order valence-electron chi connectivity index (χ2n) is 4.37. The molecule has 108 valence electrons. The average molecular weight is 279 g/mol. The molecular weight excluding hydrogens is 262 g/mol. The van der Waals surface area contributed by atoms with Crippen molar-refractivity contribution in [1.82, 2.24) is 5.32 Å². The number of aliphatic carboxylic acids is 1. The van der Waals surface area contributed by atoms with Gasteiger partial charge in [-0.05, 0) is 12.0 Å². The fourth-order valence-electron chi connectivity index (χ4n) is 1.64. The van der Waals surface area contributed by atoms with Crippen LogP contribution < -0.4 is 16.8 Å². The Morgan fingerprint density at radius 2 is 1.80 bits per heavy atom. The predicted molar refractivity (Wildman–Crippen MR) is 71.5 cm³/mol. The first-order valence-corrected chi connectivity index (χ1v) is 6.01. The number of amides is 2. The van der Waals surface area contributed by atoms with Gasteiger partial charge in [0.05, 0.1) is 12.5 Å². The number of rotatable bonds is 7. The molecule has 0 aromatic heterocycles. The van der Waals surface area contributed by atoms with Gasteiger partial charge in [-0.3, -0.25) is 9.59 Å². The van der Waals surface area contributed by atoms with E-state index in [0.29, 0.717) is 0 Å². The minimum Gasteiger partial charge on any atom is -0.480 e. The first-order chi connectivity index (χ1) is 9.40. The number of primary amides is 1. The van der Waals surface area contributed by atoms with Crippen LogP contribution in [0.5, 0.6) is 0 Å². The van der Waals surface area contributed by atoms with Crippen LogP contribution in [0.25, 0.3) is 0 Å². The Morgan fingerprint density at radius 1 is 1.20 bits per heavy atom. The van der Waals surface area contributed by atoms with Crippen molar-refractivity contribution in [1.29, 1.82) is 0 Å². The van der Waals surface area contributed by atoms with E-state index in [1.807, 2.05) is 30.3 Å². The molecule has 0 bridgehead atoms. The van der Waals surface area contributed by atoms with Crippen molar-refractivity contribution in [2.75, 3.05) is 0 Å². The SMILES string of the molecule is NC(=O)C[C@@H](NC(=O)[C@@H](N)Cc1ccccc1)C(=O)O. The van der Waals surface area contributed by atoms with Gasteiger partial charge in [-0.25, -0.2) is 4.79 Å². The highest BCUT2D eigenvalue weighted by atomic mass is 16.4. The molecule has 2 amide bonds. The highest BCUT2D eigenvalue weighted by Gasteiger charge is 2.24. The van der Waals surface area contributed by atoms with Crippen LogP contribution in [0.2, 0.25) is 0 Å². The van der Waals surface area contributed by atoms with Crippen LogP contribution in [0.3, 0.4) is 0 Å². The van der Waals surface area contributed by atoms with Crippen molar-refractivity contribution < 1.29 is 19.5 Å². The maximum Gasteiger partial charge on any atom is 0.326 e. The zero-order chi connectivity index (χ0) is 15.1. The van der Waals surface area contributed by atoms with Gasteiger partial charge in [0, 0.05) is 0 Å². The molecule has 0 radical (unpaired) electrons. The molecule has 6 N–H and O–H groups in total. The summed E-state index contributed by atoms with van der Waals surface area (Å²) >= 11 is 0. The number of carboxylic acid groups (broad SMARTS) is 1. The molecule has 1 rings (SSSR count). The molecule has 2 atom stereocenters. The molecule has 0 heterocycles. The topological polar surface area (TPSA) is 136 Å². The molecule has 0 unspecified atom stereocenters. The summed E-state index contributed by atoms with van der Waals surface area (Å²) in [6.45, 7) is 0. The van der Waals surface area contributed by atoms with E-state index in [-0.39, 0.29) is 6.42 Å². The fraction of sp³-hybridized carbons (Fsp3) is 0.308. The molecule has 20 heavy (non-hydrogen) atoms. The Bertz CT molecular complexity index is 490. The van der Waals surface area contributed by atoms with Crippen molar-refractivity contribution in [2.24, 2.45) is 11.5 Å². The van der Waals surface area contributed by atoms with Crippen LogP contribution in [-0.4, -0.2) is 35.0 Å². The molecule has 0 aliphatic rings. The Morgan fingerprint density at radius 3 is 2.30 bits per heavy atom. The van der Waals surface area contributed by atoms with Gasteiger partial charge < -0.3 is 21.9 Å². The zero-order valence-electron chi connectivity index (χ0n) is 10.8. The van der Waals surface area contributed by atoms with E-state index in [2.05, 4.69) is 5.32 Å². The Labute approximate surface area is 115 Å². The third-order valence-electron chi connectivity index (χ3n) is 2.66. The van der Waals surface area contributed by atoms with Gasteiger partial charge in [0.15, 0.2) is 0 Å². The molecule has 1 aromatic carbocycles. The van der Waals surface area contributed by atoms with Crippen LogP contribution >= 0.6 is 0 Å². The lowest BCUT2D eigenvalue weighted by atomic mass is 10.1. The maximum absolute atomic E-state index is 11.8. The van der Waals surface area contributed by atoms with Gasteiger partial charge in [0.25, 0.3) is 0 Å². The highest BCUT2D eigenvalue weighted by Crippen LogP contribution is 2.02. The van der Waals surface area contributed by atoms with Crippen LogP contribution in [0.1, 0.15) is 12.0 Å². The average Bonchev–Trinajstić information content (AvgIpc) is 2.38. The normalized spacial score (nSPS) is 13.2. The first kappa shape index (κ1) is 15.6. The number of carbonyl (C=O) groups excluding carboxylic acids is 2. The summed E-state index contributed by atoms with van der Waals surface area (Å²) in [5.74, 6) is -2.78. The van der Waals surface area contributed by atoms with Crippen LogP contribution in [0.4, 0.5) is 0 Å². The summed E-state index contributed by atoms with van der Waals surface area (Å²) in [7, 11) is 0. The number of nitrogens with one attached hydrogen (secondary N) is 1. The van der Waals surface area contributed by atoms with Gasteiger partial charge in [0.2, 0.25) is 11.8 Å². The summed E-state index contributed by atoms with van der Waals surface area (Å²) < 4.78 is 0. The number of hydrogen-bond acceptors (Lipinski definition) is 4. The van der Waals surface area contributed by atoms with Crippen molar-refractivity contribution in [3.63, 3.8) is 0 Å². The van der Waals surface area contributed by atoms with E-state index in [9.17, 15) is 14.4 Å². The van der Waals surface area contributed by atoms with E-state index in [0.717, 1.165) is 5.56 Å². The van der Waals surface area contributed by atoms with Gasteiger partial charge in [-0.2, -0.15) is 0 Å². The Hall–Kier alpha value is -2.41. The van der Waals surface area contributed by atoms with Gasteiger partial charge in [-0.1, -0.05) is 30.3 Å². The molecule has 7 heteroatoms. The number of nitrogens with two attached hydrogens (primary N) is 2. The van der Waals surface area contributed by atoms with Crippen LogP contribution in [-0.2, 0) is 20.8 Å². The second-order valence-corrected chi connectivity index (χ2v) is 4.37. The standard InChI is InChI=1S/C13H17N3O4/c14-9(6-8-4-2-1-3-5-8)12(18)16-10(13(19)20)7-11(15)17/h1-5,9-10H,6-7,14H2,(H2,15,17)(H,16,18)(H,19,20)/t9-,10+/m0/s1. The molecule has 0 saturated heterocycles. The summed E-state index contributed by atoms with van der Waals surface area (Å²) in [4.78, 5) is 33.4. The maximum atomic E-state index is 11.8. The van der Waals surface area contributed by atoms with Crippen LogP contribution in [0.15, 0.2) is 30.3 Å². The minimum atomic E-state index is -1.36. The predicted octanol–water partition coefficient (Wildman–Crippen LogP) is -0.999. The van der Waals surface area contributed by atoms with Gasteiger partial charge >= 0.3 is 5.97 Å². The third kappa shape index (κ3) is 5.07. The molecule has 7 nitrogen and oxygen atoms in total. The van der Waals surface area contributed by atoms with Gasteiger partial charge in [-0.15, -0.1) is 0 Å². The third-order valence-corrected chi connectivity index (χ3v) is 2.66. The van der Waals surface area contributed by atoms with Crippen molar-refractivity contribution in [2.45, 2.75) is 24.9 Å². The van der Waals surface area contributed by atoms with E-state index in [1.165, 1.54) is 0 Å². The van der Waals surface area contributed by atoms with Gasteiger partial charge in [0.1, 0.15) is 6.04 Å². The van der Waals surface area contributed by atoms with E-state index in [4.69, 9.17) is 16.6 Å². The molecule has 1 aromatic rings. The van der Waals surface area contributed by atoms with Crippen LogP contribution in [0, 0.1) is 0 Å². The first-order valence-electron chi connectivity index (χ1n) is 6.01.